The summed E-state index contributed by atoms with van der Waals surface area (Å²) in [5.74, 6) is 0. The Morgan fingerprint density at radius 2 is 1.55 bits per heavy atom. The normalized spacial score (nSPS) is 12.5. The van der Waals surface area contributed by atoms with E-state index in [0.717, 1.165) is 13.1 Å². The van der Waals surface area contributed by atoms with Crippen LogP contribution in [0, 0.1) is 0 Å². The minimum Gasteiger partial charge on any atom is -0.392 e. The van der Waals surface area contributed by atoms with Crippen LogP contribution in [-0.2, 0) is 17.9 Å². The van der Waals surface area contributed by atoms with Crippen molar-refractivity contribution in [3.8, 4) is 0 Å². The van der Waals surface area contributed by atoms with Gasteiger partial charge in [-0.2, -0.15) is 0 Å². The van der Waals surface area contributed by atoms with Crippen molar-refractivity contribution in [1.82, 2.24) is 4.90 Å². The fourth-order valence-electron chi connectivity index (χ4n) is 2.41. The summed E-state index contributed by atoms with van der Waals surface area (Å²) in [6, 6.07) is 20.5. The number of hydrogen-bond donors (Lipinski definition) is 1. The van der Waals surface area contributed by atoms with Gasteiger partial charge in [0.1, 0.15) is 0 Å². The highest BCUT2D eigenvalue weighted by atomic mass is 16.5. The Morgan fingerprint density at radius 1 is 0.955 bits per heavy atom. The van der Waals surface area contributed by atoms with E-state index in [0.29, 0.717) is 19.8 Å². The van der Waals surface area contributed by atoms with Crippen molar-refractivity contribution in [2.24, 2.45) is 0 Å². The van der Waals surface area contributed by atoms with Gasteiger partial charge in [-0.1, -0.05) is 60.7 Å². The fourth-order valence-corrected chi connectivity index (χ4v) is 2.41. The summed E-state index contributed by atoms with van der Waals surface area (Å²) in [7, 11) is 0. The third kappa shape index (κ3) is 6.39. The zero-order chi connectivity index (χ0) is 15.6. The minimum atomic E-state index is -0.335. The van der Waals surface area contributed by atoms with E-state index in [2.05, 4.69) is 29.2 Å². The molecule has 1 atom stereocenters. The molecule has 22 heavy (non-hydrogen) atoms. The van der Waals surface area contributed by atoms with Gasteiger partial charge in [-0.3, -0.25) is 4.90 Å². The summed E-state index contributed by atoms with van der Waals surface area (Å²) in [6.45, 7) is 5.42. The molecule has 0 unspecified atom stereocenters. The molecule has 3 heteroatoms. The molecule has 0 fully saturated rings. The van der Waals surface area contributed by atoms with Crippen molar-refractivity contribution in [1.29, 1.82) is 0 Å². The first kappa shape index (κ1) is 16.7. The molecule has 0 radical (unpaired) electrons. The van der Waals surface area contributed by atoms with Crippen LogP contribution in [0.4, 0.5) is 0 Å². The van der Waals surface area contributed by atoms with Crippen LogP contribution < -0.4 is 0 Å². The molecule has 0 aliphatic heterocycles. The first-order valence-corrected chi connectivity index (χ1v) is 7.80. The van der Waals surface area contributed by atoms with Crippen molar-refractivity contribution in [3.05, 3.63) is 71.8 Å². The molecule has 0 spiro atoms. The van der Waals surface area contributed by atoms with Gasteiger partial charge in [-0.05, 0) is 18.1 Å². The van der Waals surface area contributed by atoms with Gasteiger partial charge in [0.2, 0.25) is 0 Å². The maximum Gasteiger partial charge on any atom is 0.0717 e. The third-order valence-electron chi connectivity index (χ3n) is 3.43. The molecule has 0 saturated carbocycles. The molecule has 2 rings (SSSR count). The smallest absolute Gasteiger partial charge is 0.0717 e. The predicted molar refractivity (Wildman–Crippen MR) is 89.5 cm³/mol. The third-order valence-corrected chi connectivity index (χ3v) is 3.43. The Morgan fingerprint density at radius 3 is 2.14 bits per heavy atom. The monoisotopic (exact) mass is 299 g/mol. The van der Waals surface area contributed by atoms with Crippen LogP contribution in [0.5, 0.6) is 0 Å². The van der Waals surface area contributed by atoms with E-state index in [1.54, 1.807) is 0 Å². The van der Waals surface area contributed by atoms with Crippen molar-refractivity contribution >= 4 is 0 Å². The van der Waals surface area contributed by atoms with Crippen LogP contribution in [0.2, 0.25) is 0 Å². The second-order valence-corrected chi connectivity index (χ2v) is 5.61. The highest BCUT2D eigenvalue weighted by molar-refractivity contribution is 5.14. The van der Waals surface area contributed by atoms with E-state index in [1.807, 2.05) is 43.3 Å². The van der Waals surface area contributed by atoms with Gasteiger partial charge in [0.25, 0.3) is 0 Å². The predicted octanol–water partition coefficient (Wildman–Crippen LogP) is 3.09. The highest BCUT2D eigenvalue weighted by Crippen LogP contribution is 2.06. The van der Waals surface area contributed by atoms with Gasteiger partial charge < -0.3 is 9.84 Å². The lowest BCUT2D eigenvalue weighted by Crippen LogP contribution is -2.33. The Bertz CT molecular complexity index is 513. The summed E-state index contributed by atoms with van der Waals surface area (Å²) < 4.78 is 5.75. The van der Waals surface area contributed by atoms with Crippen molar-refractivity contribution in [3.63, 3.8) is 0 Å². The molecule has 0 amide bonds. The van der Waals surface area contributed by atoms with Crippen molar-refractivity contribution < 1.29 is 9.84 Å². The number of hydrogen-bond acceptors (Lipinski definition) is 3. The molecule has 0 aliphatic rings. The number of rotatable bonds is 9. The van der Waals surface area contributed by atoms with E-state index in [9.17, 15) is 5.11 Å². The zero-order valence-electron chi connectivity index (χ0n) is 13.2. The number of ether oxygens (including phenoxy) is 1. The van der Waals surface area contributed by atoms with Crippen molar-refractivity contribution in [2.45, 2.75) is 26.2 Å². The lowest BCUT2D eigenvalue weighted by molar-refractivity contribution is 0.0678. The highest BCUT2D eigenvalue weighted by Gasteiger charge is 2.09. The summed E-state index contributed by atoms with van der Waals surface area (Å²) in [6.07, 6.45) is -0.335. The van der Waals surface area contributed by atoms with Crippen LogP contribution in [0.1, 0.15) is 18.1 Å². The average molecular weight is 299 g/mol. The zero-order valence-corrected chi connectivity index (χ0v) is 13.2. The molecular weight excluding hydrogens is 274 g/mol. The van der Waals surface area contributed by atoms with E-state index < -0.39 is 0 Å². The standard InChI is InChI=1S/C19H25NO2/c1-17(21)14-20(15-18-8-4-2-5-9-18)12-13-22-16-19-10-6-3-7-11-19/h2-11,17,21H,12-16H2,1H3/t17-/m0/s1. The summed E-state index contributed by atoms with van der Waals surface area (Å²) >= 11 is 0. The molecule has 0 aromatic heterocycles. The molecule has 2 aromatic carbocycles. The van der Waals surface area contributed by atoms with Gasteiger partial charge in [-0.15, -0.1) is 0 Å². The number of aliphatic hydroxyl groups excluding tert-OH is 1. The molecule has 0 bridgehead atoms. The first-order chi connectivity index (χ1) is 10.7. The Balaban J connectivity index is 1.77. The minimum absolute atomic E-state index is 0.335. The number of nitrogens with zero attached hydrogens (tertiary/aromatic N) is 1. The maximum absolute atomic E-state index is 9.65. The van der Waals surface area contributed by atoms with Gasteiger partial charge in [0.15, 0.2) is 0 Å². The number of benzene rings is 2. The molecule has 0 saturated heterocycles. The molecule has 118 valence electrons. The van der Waals surface area contributed by atoms with Gasteiger partial charge >= 0.3 is 0 Å². The SMILES string of the molecule is C[C@H](O)CN(CCOCc1ccccc1)Cc1ccccc1. The summed E-state index contributed by atoms with van der Waals surface area (Å²) in [5, 5.41) is 9.65. The summed E-state index contributed by atoms with van der Waals surface area (Å²) in [4.78, 5) is 2.23. The second kappa shape index (κ2) is 9.36. The Hall–Kier alpha value is -1.68. The molecule has 2 aromatic rings. The van der Waals surface area contributed by atoms with Crippen LogP contribution in [0.15, 0.2) is 60.7 Å². The van der Waals surface area contributed by atoms with Crippen molar-refractivity contribution in [2.75, 3.05) is 19.7 Å². The van der Waals surface area contributed by atoms with E-state index >= 15 is 0 Å². The van der Waals surface area contributed by atoms with Gasteiger partial charge in [0, 0.05) is 19.6 Å². The van der Waals surface area contributed by atoms with E-state index in [4.69, 9.17) is 4.74 Å². The van der Waals surface area contributed by atoms with Crippen LogP contribution in [0.3, 0.4) is 0 Å². The largest absolute Gasteiger partial charge is 0.392 e. The fraction of sp³-hybridized carbons (Fsp3) is 0.368. The molecule has 1 N–H and O–H groups in total. The van der Waals surface area contributed by atoms with Crippen LogP contribution >= 0.6 is 0 Å². The quantitative estimate of drug-likeness (QED) is 0.722. The molecule has 0 aliphatic carbocycles. The topological polar surface area (TPSA) is 32.7 Å². The Labute approximate surface area is 133 Å². The van der Waals surface area contributed by atoms with Crippen LogP contribution in [-0.4, -0.2) is 35.8 Å². The van der Waals surface area contributed by atoms with Gasteiger partial charge in [-0.25, -0.2) is 0 Å². The van der Waals surface area contributed by atoms with E-state index in [1.165, 1.54) is 11.1 Å². The second-order valence-electron chi connectivity index (χ2n) is 5.61. The molecule has 0 heterocycles. The Kier molecular flexibility index (Phi) is 7.10. The first-order valence-electron chi connectivity index (χ1n) is 7.80. The molecular formula is C19H25NO2. The van der Waals surface area contributed by atoms with Gasteiger partial charge in [0.05, 0.1) is 19.3 Å². The van der Waals surface area contributed by atoms with E-state index in [-0.39, 0.29) is 6.10 Å². The lowest BCUT2D eigenvalue weighted by Gasteiger charge is -2.23. The number of aliphatic hydroxyl groups is 1. The van der Waals surface area contributed by atoms with Crippen LogP contribution in [0.25, 0.3) is 0 Å². The lowest BCUT2D eigenvalue weighted by atomic mass is 10.2. The summed E-state index contributed by atoms with van der Waals surface area (Å²) in [5.41, 5.74) is 2.44. The molecule has 3 nitrogen and oxygen atoms in total. The maximum atomic E-state index is 9.65. The average Bonchev–Trinajstić information content (AvgIpc) is 2.53.